The molecule has 0 aromatic carbocycles. The van der Waals surface area contributed by atoms with E-state index in [-0.39, 0.29) is 12.5 Å². The van der Waals surface area contributed by atoms with Crippen molar-refractivity contribution in [2.24, 2.45) is 0 Å². The van der Waals surface area contributed by atoms with Crippen LogP contribution in [0.1, 0.15) is 12.8 Å². The van der Waals surface area contributed by atoms with Gasteiger partial charge in [0, 0.05) is 12.6 Å². The zero-order valence-corrected chi connectivity index (χ0v) is 8.20. The maximum atomic E-state index is 12.8. The number of ether oxygens (including phenoxy) is 1. The lowest BCUT2D eigenvalue weighted by atomic mass is 10.1. The van der Waals surface area contributed by atoms with Crippen LogP contribution >= 0.6 is 0 Å². The largest absolute Gasteiger partial charge is 0.382 e. The molecule has 1 aromatic rings. The second kappa shape index (κ2) is 3.77. The van der Waals surface area contributed by atoms with Gasteiger partial charge in [0.2, 0.25) is 0 Å². The Kier molecular flexibility index (Phi) is 2.60. The fourth-order valence-electron chi connectivity index (χ4n) is 1.60. The van der Waals surface area contributed by atoms with E-state index in [1.54, 1.807) is 16.9 Å². The molecule has 1 aromatic heterocycles. The molecule has 0 amide bonds. The normalized spacial score (nSPS) is 25.3. The Morgan fingerprint density at radius 3 is 3.00 bits per heavy atom. The van der Waals surface area contributed by atoms with E-state index in [9.17, 15) is 8.78 Å². The van der Waals surface area contributed by atoms with E-state index in [0.717, 1.165) is 0 Å². The molecule has 0 spiro atoms. The number of nitrogens with zero attached hydrogens (tertiary/aromatic N) is 2. The van der Waals surface area contributed by atoms with Gasteiger partial charge < -0.3 is 10.5 Å². The molecule has 4 nitrogen and oxygen atoms in total. The molecule has 1 aliphatic heterocycles. The zero-order valence-electron chi connectivity index (χ0n) is 8.20. The highest BCUT2D eigenvalue weighted by Crippen LogP contribution is 2.28. The van der Waals surface area contributed by atoms with Crippen molar-refractivity contribution in [1.29, 1.82) is 0 Å². The van der Waals surface area contributed by atoms with Crippen molar-refractivity contribution in [1.82, 2.24) is 9.78 Å². The van der Waals surface area contributed by atoms with E-state index in [1.165, 1.54) is 0 Å². The number of aromatic nitrogens is 2. The van der Waals surface area contributed by atoms with E-state index in [0.29, 0.717) is 18.8 Å². The van der Waals surface area contributed by atoms with Gasteiger partial charge in [-0.05, 0) is 12.5 Å². The Labute approximate surface area is 86.0 Å². The van der Waals surface area contributed by atoms with Crippen molar-refractivity contribution in [3.05, 3.63) is 12.3 Å². The molecule has 6 heteroatoms. The van der Waals surface area contributed by atoms with E-state index < -0.39 is 12.5 Å². The second-order valence-electron chi connectivity index (χ2n) is 3.79. The van der Waals surface area contributed by atoms with Crippen LogP contribution in [0, 0.1) is 0 Å². The van der Waals surface area contributed by atoms with Gasteiger partial charge in [0.15, 0.2) is 0 Å². The first-order valence-corrected chi connectivity index (χ1v) is 4.83. The average molecular weight is 217 g/mol. The lowest BCUT2D eigenvalue weighted by Crippen LogP contribution is -2.36. The van der Waals surface area contributed by atoms with Gasteiger partial charge >= 0.3 is 0 Å². The van der Waals surface area contributed by atoms with Crippen molar-refractivity contribution in [2.45, 2.75) is 31.4 Å². The van der Waals surface area contributed by atoms with Crippen molar-refractivity contribution in [3.63, 3.8) is 0 Å². The van der Waals surface area contributed by atoms with Crippen LogP contribution in [0.4, 0.5) is 14.6 Å². The molecule has 0 bridgehead atoms. The van der Waals surface area contributed by atoms with E-state index in [1.807, 2.05) is 0 Å². The molecule has 1 unspecified atom stereocenters. The van der Waals surface area contributed by atoms with Gasteiger partial charge in [-0.15, -0.1) is 0 Å². The Morgan fingerprint density at radius 1 is 1.67 bits per heavy atom. The highest BCUT2D eigenvalue weighted by molar-refractivity contribution is 5.23. The van der Waals surface area contributed by atoms with E-state index in [2.05, 4.69) is 5.10 Å². The Bertz CT molecular complexity index is 330. The summed E-state index contributed by atoms with van der Waals surface area (Å²) >= 11 is 0. The summed E-state index contributed by atoms with van der Waals surface area (Å²) in [5.41, 5.74) is 5.43. The van der Waals surface area contributed by atoms with Crippen LogP contribution in [-0.2, 0) is 11.3 Å². The van der Waals surface area contributed by atoms with Gasteiger partial charge in [-0.1, -0.05) is 0 Å². The topological polar surface area (TPSA) is 53.1 Å². The standard InChI is InChI=1S/C9H13F2N3O/c10-9(11)3-1-7(15-6-9)5-14-4-2-8(12)13-14/h2,4,7H,1,3,5-6H2,(H2,12,13). The molecule has 2 N–H and O–H groups in total. The van der Waals surface area contributed by atoms with Crippen LogP contribution < -0.4 is 5.73 Å². The third-order valence-corrected chi connectivity index (χ3v) is 2.41. The van der Waals surface area contributed by atoms with Crippen LogP contribution in [0.2, 0.25) is 0 Å². The van der Waals surface area contributed by atoms with Gasteiger partial charge in [-0.3, -0.25) is 4.68 Å². The molecule has 0 aliphatic carbocycles. The molecule has 15 heavy (non-hydrogen) atoms. The van der Waals surface area contributed by atoms with Gasteiger partial charge in [0.25, 0.3) is 5.92 Å². The van der Waals surface area contributed by atoms with Crippen molar-refractivity contribution in [2.75, 3.05) is 12.3 Å². The molecular weight excluding hydrogens is 204 g/mol. The number of halogens is 2. The molecule has 1 atom stereocenters. The molecular formula is C9H13F2N3O. The van der Waals surface area contributed by atoms with Crippen molar-refractivity contribution >= 4 is 5.82 Å². The van der Waals surface area contributed by atoms with Crippen molar-refractivity contribution < 1.29 is 13.5 Å². The summed E-state index contributed by atoms with van der Waals surface area (Å²) in [4.78, 5) is 0. The van der Waals surface area contributed by atoms with Crippen LogP contribution in [0.15, 0.2) is 12.3 Å². The lowest BCUT2D eigenvalue weighted by molar-refractivity contribution is -0.147. The van der Waals surface area contributed by atoms with Crippen molar-refractivity contribution in [3.8, 4) is 0 Å². The minimum Gasteiger partial charge on any atom is -0.382 e. The SMILES string of the molecule is Nc1ccn(CC2CCC(F)(F)CO2)n1. The number of alkyl halides is 2. The fraction of sp³-hybridized carbons (Fsp3) is 0.667. The smallest absolute Gasteiger partial charge is 0.271 e. The third kappa shape index (κ3) is 2.65. The van der Waals surface area contributed by atoms with E-state index in [4.69, 9.17) is 10.5 Å². The van der Waals surface area contributed by atoms with Crippen LogP contribution in [0.3, 0.4) is 0 Å². The number of rotatable bonds is 2. The summed E-state index contributed by atoms with van der Waals surface area (Å²) in [5.74, 6) is -2.24. The molecule has 0 radical (unpaired) electrons. The molecule has 2 rings (SSSR count). The first-order chi connectivity index (χ1) is 7.05. The molecule has 1 fully saturated rings. The highest BCUT2D eigenvalue weighted by atomic mass is 19.3. The second-order valence-corrected chi connectivity index (χ2v) is 3.79. The van der Waals surface area contributed by atoms with E-state index >= 15 is 0 Å². The maximum absolute atomic E-state index is 12.8. The van der Waals surface area contributed by atoms with Crippen LogP contribution in [-0.4, -0.2) is 28.4 Å². The first kappa shape index (κ1) is 10.4. The van der Waals surface area contributed by atoms with Gasteiger partial charge in [-0.2, -0.15) is 5.10 Å². The summed E-state index contributed by atoms with van der Waals surface area (Å²) in [5, 5.41) is 3.97. The Morgan fingerprint density at radius 2 is 2.47 bits per heavy atom. The lowest BCUT2D eigenvalue weighted by Gasteiger charge is -2.28. The summed E-state index contributed by atoms with van der Waals surface area (Å²) in [6, 6.07) is 1.66. The predicted octanol–water partition coefficient (Wildman–Crippen LogP) is 1.28. The number of nitrogens with two attached hydrogens (primary N) is 1. The summed E-state index contributed by atoms with van der Waals surface area (Å²) in [7, 11) is 0. The monoisotopic (exact) mass is 217 g/mol. The molecule has 2 heterocycles. The average Bonchev–Trinajstić information content (AvgIpc) is 2.55. The van der Waals surface area contributed by atoms with Gasteiger partial charge in [-0.25, -0.2) is 8.78 Å². The third-order valence-electron chi connectivity index (χ3n) is 2.41. The van der Waals surface area contributed by atoms with Gasteiger partial charge in [0.05, 0.1) is 12.6 Å². The zero-order chi connectivity index (χ0) is 10.9. The quantitative estimate of drug-likeness (QED) is 0.811. The molecule has 84 valence electrons. The number of anilines is 1. The molecule has 0 saturated carbocycles. The first-order valence-electron chi connectivity index (χ1n) is 4.83. The fourth-order valence-corrected chi connectivity index (χ4v) is 1.60. The summed E-state index contributed by atoms with van der Waals surface area (Å²) in [6.45, 7) is -0.0122. The number of nitrogen functional groups attached to an aromatic ring is 1. The predicted molar refractivity (Wildman–Crippen MR) is 50.6 cm³/mol. The van der Waals surface area contributed by atoms with Gasteiger partial charge in [0.1, 0.15) is 12.4 Å². The number of hydrogen-bond acceptors (Lipinski definition) is 3. The minimum absolute atomic E-state index is 0.117. The number of hydrogen-bond donors (Lipinski definition) is 1. The summed E-state index contributed by atoms with van der Waals surface area (Å²) in [6.07, 6.45) is 1.76. The maximum Gasteiger partial charge on any atom is 0.271 e. The Hall–Kier alpha value is -1.17. The minimum atomic E-state index is -2.67. The Balaban J connectivity index is 1.87. The molecule has 1 aliphatic rings. The van der Waals surface area contributed by atoms with Crippen LogP contribution in [0.25, 0.3) is 0 Å². The molecule has 1 saturated heterocycles. The van der Waals surface area contributed by atoms with Crippen LogP contribution in [0.5, 0.6) is 0 Å². The summed E-state index contributed by atoms with van der Waals surface area (Å²) < 4.78 is 32.2. The highest BCUT2D eigenvalue weighted by Gasteiger charge is 2.35.